The Bertz CT molecular complexity index is 281. The van der Waals surface area contributed by atoms with Crippen LogP contribution in [-0.2, 0) is 19.2 Å². The predicted molar refractivity (Wildman–Crippen MR) is 50.4 cm³/mol. The summed E-state index contributed by atoms with van der Waals surface area (Å²) in [5, 5.41) is 39.9. The van der Waals surface area contributed by atoms with E-state index in [4.69, 9.17) is 25.5 Å². The number of aliphatic hydroxyl groups excluding tert-OH is 1. The first-order chi connectivity index (χ1) is 7.66. The zero-order valence-corrected chi connectivity index (χ0v) is 8.57. The highest BCUT2D eigenvalue weighted by atomic mass is 16.4. The van der Waals surface area contributed by atoms with Crippen molar-refractivity contribution >= 4 is 23.9 Å². The molecular weight excluding hydrogens is 240 g/mol. The standard InChI is InChI=1S/C4H6O5.C4H6O4/c5-2(4(8)9)1-3(6)7;5-3(6)1-2-4(7)8/h2,5H,1H2,(H,6,7)(H,8,9);1-2H2,(H,5,6)(H,7,8). The fourth-order valence-corrected chi connectivity index (χ4v) is 0.467. The Labute approximate surface area is 94.9 Å². The summed E-state index contributed by atoms with van der Waals surface area (Å²) >= 11 is 0. The average molecular weight is 252 g/mol. The summed E-state index contributed by atoms with van der Waals surface area (Å²) in [5.41, 5.74) is 0. The van der Waals surface area contributed by atoms with Gasteiger partial charge in [-0.2, -0.15) is 0 Å². The Hall–Kier alpha value is -2.16. The molecule has 9 nitrogen and oxygen atoms in total. The molecule has 98 valence electrons. The van der Waals surface area contributed by atoms with E-state index in [0.29, 0.717) is 0 Å². The van der Waals surface area contributed by atoms with Crippen molar-refractivity contribution < 1.29 is 44.7 Å². The van der Waals surface area contributed by atoms with Crippen LogP contribution < -0.4 is 0 Å². The van der Waals surface area contributed by atoms with Crippen molar-refractivity contribution in [3.05, 3.63) is 0 Å². The van der Waals surface area contributed by atoms with Crippen LogP contribution >= 0.6 is 0 Å². The van der Waals surface area contributed by atoms with Crippen LogP contribution in [0, 0.1) is 0 Å². The molecule has 1 atom stereocenters. The summed E-state index contributed by atoms with van der Waals surface area (Å²) in [6, 6.07) is 0. The molecule has 9 heteroatoms. The minimum atomic E-state index is -1.79. The molecule has 0 bridgehead atoms. The highest BCUT2D eigenvalue weighted by Gasteiger charge is 2.16. The van der Waals surface area contributed by atoms with Crippen molar-refractivity contribution in [3.8, 4) is 0 Å². The molecular formula is C8H12O9. The van der Waals surface area contributed by atoms with Crippen LogP contribution in [0.3, 0.4) is 0 Å². The van der Waals surface area contributed by atoms with Gasteiger partial charge < -0.3 is 25.5 Å². The van der Waals surface area contributed by atoms with Gasteiger partial charge in [0, 0.05) is 0 Å². The van der Waals surface area contributed by atoms with E-state index in [2.05, 4.69) is 0 Å². The van der Waals surface area contributed by atoms with Crippen molar-refractivity contribution in [2.24, 2.45) is 0 Å². The van der Waals surface area contributed by atoms with Gasteiger partial charge in [-0.3, -0.25) is 14.4 Å². The highest BCUT2D eigenvalue weighted by Crippen LogP contribution is 1.89. The first kappa shape index (κ1) is 17.2. The van der Waals surface area contributed by atoms with Crippen molar-refractivity contribution in [3.63, 3.8) is 0 Å². The van der Waals surface area contributed by atoms with Crippen LogP contribution in [0.2, 0.25) is 0 Å². The topological polar surface area (TPSA) is 169 Å². The van der Waals surface area contributed by atoms with E-state index < -0.39 is 36.4 Å². The lowest BCUT2D eigenvalue weighted by Gasteiger charge is -1.97. The van der Waals surface area contributed by atoms with Crippen LogP contribution in [0.5, 0.6) is 0 Å². The normalized spacial score (nSPS) is 10.6. The summed E-state index contributed by atoms with van der Waals surface area (Å²) in [6.07, 6.45) is -3.14. The van der Waals surface area contributed by atoms with E-state index in [1.807, 2.05) is 0 Å². The van der Waals surface area contributed by atoms with Crippen LogP contribution in [0.1, 0.15) is 19.3 Å². The van der Waals surface area contributed by atoms with Crippen LogP contribution in [0.25, 0.3) is 0 Å². The van der Waals surface area contributed by atoms with Gasteiger partial charge in [0.1, 0.15) is 0 Å². The molecule has 0 fully saturated rings. The van der Waals surface area contributed by atoms with Gasteiger partial charge in [-0.25, -0.2) is 4.79 Å². The number of carboxylic acid groups (broad SMARTS) is 4. The zero-order chi connectivity index (χ0) is 14.0. The summed E-state index contributed by atoms with van der Waals surface area (Å²) in [5.74, 6) is -5.00. The molecule has 0 aromatic rings. The van der Waals surface area contributed by atoms with E-state index in [0.717, 1.165) is 0 Å². The molecule has 0 spiro atoms. The largest absolute Gasteiger partial charge is 0.481 e. The Morgan fingerprint density at radius 2 is 1.12 bits per heavy atom. The monoisotopic (exact) mass is 252 g/mol. The third kappa shape index (κ3) is 16.5. The molecule has 1 unspecified atom stereocenters. The molecule has 0 rings (SSSR count). The number of carboxylic acids is 4. The van der Waals surface area contributed by atoms with Crippen molar-refractivity contribution in [1.82, 2.24) is 0 Å². The Morgan fingerprint density at radius 3 is 1.24 bits per heavy atom. The SMILES string of the molecule is O=C(O)CC(O)C(=O)O.O=C(O)CCC(=O)O. The van der Waals surface area contributed by atoms with Gasteiger partial charge in [0.2, 0.25) is 0 Å². The maximum Gasteiger partial charge on any atom is 0.333 e. The maximum absolute atomic E-state index is 9.72. The minimum Gasteiger partial charge on any atom is -0.481 e. The summed E-state index contributed by atoms with van der Waals surface area (Å²) < 4.78 is 0. The van der Waals surface area contributed by atoms with Crippen LogP contribution in [-0.4, -0.2) is 55.5 Å². The first-order valence-electron chi connectivity index (χ1n) is 4.23. The molecule has 0 saturated carbocycles. The lowest BCUT2D eigenvalue weighted by molar-refractivity contribution is -0.152. The molecule has 17 heavy (non-hydrogen) atoms. The van der Waals surface area contributed by atoms with E-state index in [9.17, 15) is 19.2 Å². The van der Waals surface area contributed by atoms with E-state index >= 15 is 0 Å². The number of hydrogen-bond acceptors (Lipinski definition) is 5. The predicted octanol–water partition coefficient (Wildman–Crippen LogP) is -1.16. The molecule has 0 aromatic heterocycles. The minimum absolute atomic E-state index is 0.296. The van der Waals surface area contributed by atoms with E-state index in [-0.39, 0.29) is 12.8 Å². The third-order valence-corrected chi connectivity index (χ3v) is 1.21. The number of rotatable bonds is 6. The molecule has 0 aliphatic heterocycles. The Kier molecular flexibility index (Phi) is 9.22. The average Bonchev–Trinajstić information content (AvgIpc) is 2.14. The van der Waals surface area contributed by atoms with Crippen molar-refractivity contribution in [2.75, 3.05) is 0 Å². The number of aliphatic hydroxyl groups is 1. The summed E-state index contributed by atoms with van der Waals surface area (Å²) in [6.45, 7) is 0. The van der Waals surface area contributed by atoms with Gasteiger partial charge >= 0.3 is 23.9 Å². The lowest BCUT2D eigenvalue weighted by atomic mass is 10.3. The van der Waals surface area contributed by atoms with Gasteiger partial charge in [-0.05, 0) is 0 Å². The van der Waals surface area contributed by atoms with Gasteiger partial charge in [0.05, 0.1) is 19.3 Å². The number of hydrogen-bond donors (Lipinski definition) is 5. The molecule has 0 saturated heterocycles. The molecule has 0 amide bonds. The van der Waals surface area contributed by atoms with Gasteiger partial charge in [-0.15, -0.1) is 0 Å². The fraction of sp³-hybridized carbons (Fsp3) is 0.500. The number of carbonyl (C=O) groups is 4. The third-order valence-electron chi connectivity index (χ3n) is 1.21. The molecule has 0 heterocycles. The lowest BCUT2D eigenvalue weighted by Crippen LogP contribution is -2.22. The second kappa shape index (κ2) is 9.09. The first-order valence-corrected chi connectivity index (χ1v) is 4.23. The van der Waals surface area contributed by atoms with Crippen molar-refractivity contribution in [1.29, 1.82) is 0 Å². The molecule has 0 radical (unpaired) electrons. The molecule has 0 aromatic carbocycles. The van der Waals surface area contributed by atoms with Gasteiger partial charge in [0.15, 0.2) is 6.10 Å². The Morgan fingerprint density at radius 1 is 0.765 bits per heavy atom. The van der Waals surface area contributed by atoms with E-state index in [1.54, 1.807) is 0 Å². The van der Waals surface area contributed by atoms with Crippen molar-refractivity contribution in [2.45, 2.75) is 25.4 Å². The number of aliphatic carboxylic acids is 4. The van der Waals surface area contributed by atoms with Crippen LogP contribution in [0.15, 0.2) is 0 Å². The highest BCUT2D eigenvalue weighted by molar-refractivity contribution is 5.79. The smallest absolute Gasteiger partial charge is 0.333 e. The van der Waals surface area contributed by atoms with Crippen LogP contribution in [0.4, 0.5) is 0 Å². The Balaban J connectivity index is 0. The molecule has 0 aliphatic carbocycles. The fourth-order valence-electron chi connectivity index (χ4n) is 0.467. The molecule has 5 N–H and O–H groups in total. The quantitative estimate of drug-likeness (QED) is 0.391. The zero-order valence-electron chi connectivity index (χ0n) is 8.57. The van der Waals surface area contributed by atoms with E-state index in [1.165, 1.54) is 0 Å². The second-order valence-corrected chi connectivity index (χ2v) is 2.74. The maximum atomic E-state index is 9.72. The van der Waals surface area contributed by atoms with Gasteiger partial charge in [-0.1, -0.05) is 0 Å². The molecule has 0 aliphatic rings. The second-order valence-electron chi connectivity index (χ2n) is 2.74. The van der Waals surface area contributed by atoms with Gasteiger partial charge in [0.25, 0.3) is 0 Å². The summed E-state index contributed by atoms with van der Waals surface area (Å²) in [4.78, 5) is 38.7. The summed E-state index contributed by atoms with van der Waals surface area (Å²) in [7, 11) is 0.